The number of nitrogens with zero attached hydrogens (tertiary/aromatic N) is 2. The molecule has 2 heterocycles. The number of oxazole rings is 1. The third-order valence-electron chi connectivity index (χ3n) is 4.25. The summed E-state index contributed by atoms with van der Waals surface area (Å²) in [7, 11) is 0. The highest BCUT2D eigenvalue weighted by molar-refractivity contribution is 7.99. The summed E-state index contributed by atoms with van der Waals surface area (Å²) in [6, 6.07) is 8.21. The molecule has 1 saturated heterocycles. The van der Waals surface area contributed by atoms with Gasteiger partial charge in [0.15, 0.2) is 0 Å². The van der Waals surface area contributed by atoms with Crippen molar-refractivity contribution in [2.45, 2.75) is 32.2 Å². The van der Waals surface area contributed by atoms with E-state index in [4.69, 9.17) is 4.42 Å². The lowest BCUT2D eigenvalue weighted by Crippen LogP contribution is -2.39. The third kappa shape index (κ3) is 3.61. The number of likely N-dealkylation sites (tertiary alicyclic amines) is 1. The summed E-state index contributed by atoms with van der Waals surface area (Å²) in [6.45, 7) is 2.86. The molecule has 5 heteroatoms. The fourth-order valence-corrected chi connectivity index (χ4v) is 3.40. The molecule has 1 aliphatic heterocycles. The van der Waals surface area contributed by atoms with E-state index >= 15 is 0 Å². The topological polar surface area (TPSA) is 46.3 Å². The van der Waals surface area contributed by atoms with Gasteiger partial charge in [0.2, 0.25) is 11.8 Å². The Labute approximate surface area is 141 Å². The van der Waals surface area contributed by atoms with Crippen molar-refractivity contribution in [1.29, 1.82) is 0 Å². The zero-order valence-electron chi connectivity index (χ0n) is 13.6. The van der Waals surface area contributed by atoms with Crippen molar-refractivity contribution < 1.29 is 9.21 Å². The SMILES string of the molecule is CSCC(=O)N1CCCCC1c1nc(-c2ccc(C)cc2)co1. The quantitative estimate of drug-likeness (QED) is 0.848. The van der Waals surface area contributed by atoms with Crippen LogP contribution in [0.3, 0.4) is 0 Å². The number of carbonyl (C=O) groups is 1. The predicted molar refractivity (Wildman–Crippen MR) is 93.4 cm³/mol. The molecular formula is C18H22N2O2S. The van der Waals surface area contributed by atoms with Crippen molar-refractivity contribution >= 4 is 17.7 Å². The van der Waals surface area contributed by atoms with Crippen LogP contribution in [0.5, 0.6) is 0 Å². The van der Waals surface area contributed by atoms with Gasteiger partial charge in [0.05, 0.1) is 5.75 Å². The Morgan fingerprint density at radius 3 is 2.87 bits per heavy atom. The summed E-state index contributed by atoms with van der Waals surface area (Å²) in [6.07, 6.45) is 6.75. The average Bonchev–Trinajstić information content (AvgIpc) is 3.05. The fraction of sp³-hybridized carbons (Fsp3) is 0.444. The van der Waals surface area contributed by atoms with Gasteiger partial charge >= 0.3 is 0 Å². The maximum atomic E-state index is 12.3. The average molecular weight is 330 g/mol. The molecule has 1 aromatic carbocycles. The van der Waals surface area contributed by atoms with Crippen molar-refractivity contribution in [3.8, 4) is 11.3 Å². The number of hydrogen-bond acceptors (Lipinski definition) is 4. The Bertz CT molecular complexity index is 666. The lowest BCUT2D eigenvalue weighted by atomic mass is 10.0. The number of aromatic nitrogens is 1. The Kier molecular flexibility index (Phi) is 5.06. The van der Waals surface area contributed by atoms with Gasteiger partial charge in [0.1, 0.15) is 18.0 Å². The summed E-state index contributed by atoms with van der Waals surface area (Å²) < 4.78 is 5.74. The minimum absolute atomic E-state index is 0.0254. The standard InChI is InChI=1S/C18H22N2O2S/c1-13-6-8-14(9-7-13)15-11-22-18(19-15)16-5-3-4-10-20(16)17(21)12-23-2/h6-9,11,16H,3-5,10,12H2,1-2H3. The zero-order valence-corrected chi connectivity index (χ0v) is 14.4. The second-order valence-corrected chi connectivity index (χ2v) is 6.83. The number of aryl methyl sites for hydroxylation is 1. The first-order valence-electron chi connectivity index (χ1n) is 8.00. The molecule has 23 heavy (non-hydrogen) atoms. The monoisotopic (exact) mass is 330 g/mol. The van der Waals surface area contributed by atoms with Gasteiger partial charge in [0, 0.05) is 12.1 Å². The Morgan fingerprint density at radius 1 is 1.35 bits per heavy atom. The van der Waals surface area contributed by atoms with Crippen molar-refractivity contribution in [2.75, 3.05) is 18.6 Å². The minimum atomic E-state index is -0.0254. The first-order chi connectivity index (χ1) is 11.2. The minimum Gasteiger partial charge on any atom is -0.446 e. The van der Waals surface area contributed by atoms with E-state index in [1.807, 2.05) is 11.2 Å². The number of hydrogen-bond donors (Lipinski definition) is 0. The van der Waals surface area contributed by atoms with Crippen LogP contribution >= 0.6 is 11.8 Å². The van der Waals surface area contributed by atoms with Gasteiger partial charge < -0.3 is 9.32 Å². The normalized spacial score (nSPS) is 18.2. The molecule has 122 valence electrons. The van der Waals surface area contributed by atoms with E-state index in [1.165, 1.54) is 5.56 Å². The molecule has 0 radical (unpaired) electrons. The molecule has 1 atom stereocenters. The van der Waals surface area contributed by atoms with Crippen molar-refractivity contribution in [3.05, 3.63) is 42.0 Å². The van der Waals surface area contributed by atoms with Crippen LogP contribution in [0.2, 0.25) is 0 Å². The summed E-state index contributed by atoms with van der Waals surface area (Å²) in [5.74, 6) is 1.36. The number of carbonyl (C=O) groups excluding carboxylic acids is 1. The lowest BCUT2D eigenvalue weighted by molar-refractivity contribution is -0.132. The van der Waals surface area contributed by atoms with Crippen molar-refractivity contribution in [3.63, 3.8) is 0 Å². The molecule has 1 fully saturated rings. The van der Waals surface area contributed by atoms with E-state index in [0.717, 1.165) is 37.1 Å². The predicted octanol–water partition coefficient (Wildman–Crippen LogP) is 4.07. The van der Waals surface area contributed by atoms with Gasteiger partial charge in [-0.25, -0.2) is 4.98 Å². The van der Waals surface area contributed by atoms with Crippen LogP contribution in [0, 0.1) is 6.92 Å². The molecule has 0 bridgehead atoms. The molecule has 1 unspecified atom stereocenters. The van der Waals surface area contributed by atoms with Gasteiger partial charge in [-0.05, 0) is 32.4 Å². The Balaban J connectivity index is 1.82. The first kappa shape index (κ1) is 16.1. The molecule has 4 nitrogen and oxygen atoms in total. The molecule has 1 aliphatic rings. The van der Waals surface area contributed by atoms with E-state index < -0.39 is 0 Å². The van der Waals surface area contributed by atoms with Crippen LogP contribution in [0.4, 0.5) is 0 Å². The zero-order chi connectivity index (χ0) is 16.2. The van der Waals surface area contributed by atoms with E-state index in [9.17, 15) is 4.79 Å². The molecular weight excluding hydrogens is 308 g/mol. The second-order valence-electron chi connectivity index (χ2n) is 5.97. The van der Waals surface area contributed by atoms with Crippen LogP contribution in [-0.4, -0.2) is 34.3 Å². The number of amides is 1. The van der Waals surface area contributed by atoms with Crippen LogP contribution in [0.25, 0.3) is 11.3 Å². The number of thioether (sulfide) groups is 1. The van der Waals surface area contributed by atoms with E-state index in [1.54, 1.807) is 18.0 Å². The Morgan fingerprint density at radius 2 is 2.13 bits per heavy atom. The van der Waals surface area contributed by atoms with Gasteiger partial charge in [-0.1, -0.05) is 29.8 Å². The number of benzene rings is 1. The smallest absolute Gasteiger partial charge is 0.233 e. The van der Waals surface area contributed by atoms with Crippen LogP contribution < -0.4 is 0 Å². The summed E-state index contributed by atoms with van der Waals surface area (Å²) in [4.78, 5) is 18.9. The molecule has 1 amide bonds. The molecule has 0 saturated carbocycles. The van der Waals surface area contributed by atoms with Gasteiger partial charge in [0.25, 0.3) is 0 Å². The first-order valence-corrected chi connectivity index (χ1v) is 9.39. The van der Waals surface area contributed by atoms with Gasteiger partial charge in [-0.15, -0.1) is 0 Å². The van der Waals surface area contributed by atoms with Gasteiger partial charge in [-0.3, -0.25) is 4.79 Å². The highest BCUT2D eigenvalue weighted by Crippen LogP contribution is 2.32. The highest BCUT2D eigenvalue weighted by atomic mass is 32.2. The van der Waals surface area contributed by atoms with Gasteiger partial charge in [-0.2, -0.15) is 11.8 Å². The van der Waals surface area contributed by atoms with E-state index in [0.29, 0.717) is 11.6 Å². The maximum absolute atomic E-state index is 12.3. The molecule has 0 spiro atoms. The number of rotatable bonds is 4. The Hall–Kier alpha value is -1.75. The largest absolute Gasteiger partial charge is 0.446 e. The van der Waals surface area contributed by atoms with E-state index in [-0.39, 0.29) is 11.9 Å². The van der Waals surface area contributed by atoms with Crippen molar-refractivity contribution in [2.24, 2.45) is 0 Å². The molecule has 0 N–H and O–H groups in total. The van der Waals surface area contributed by atoms with E-state index in [2.05, 4.69) is 36.2 Å². The second kappa shape index (κ2) is 7.21. The third-order valence-corrected chi connectivity index (χ3v) is 4.78. The van der Waals surface area contributed by atoms with Crippen LogP contribution in [0.15, 0.2) is 34.9 Å². The highest BCUT2D eigenvalue weighted by Gasteiger charge is 2.31. The summed E-state index contributed by atoms with van der Waals surface area (Å²) >= 11 is 1.56. The lowest BCUT2D eigenvalue weighted by Gasteiger charge is -2.33. The molecule has 0 aliphatic carbocycles. The van der Waals surface area contributed by atoms with Crippen molar-refractivity contribution in [1.82, 2.24) is 9.88 Å². The van der Waals surface area contributed by atoms with Crippen LogP contribution in [0.1, 0.15) is 36.8 Å². The molecule has 3 rings (SSSR count). The molecule has 1 aromatic heterocycles. The number of piperidine rings is 1. The van der Waals surface area contributed by atoms with Crippen LogP contribution in [-0.2, 0) is 4.79 Å². The fourth-order valence-electron chi connectivity index (χ4n) is 2.99. The summed E-state index contributed by atoms with van der Waals surface area (Å²) in [5.41, 5.74) is 3.10. The maximum Gasteiger partial charge on any atom is 0.233 e. The summed E-state index contributed by atoms with van der Waals surface area (Å²) in [5, 5.41) is 0. The molecule has 2 aromatic rings.